The maximum absolute atomic E-state index is 14.6. The van der Waals surface area contributed by atoms with Crippen LogP contribution in [0.25, 0.3) is 6.08 Å². The van der Waals surface area contributed by atoms with Gasteiger partial charge in [0.25, 0.3) is 0 Å². The van der Waals surface area contributed by atoms with E-state index in [0.717, 1.165) is 11.3 Å². The van der Waals surface area contributed by atoms with Gasteiger partial charge < -0.3 is 14.7 Å². The van der Waals surface area contributed by atoms with Crippen LogP contribution in [0.3, 0.4) is 0 Å². The van der Waals surface area contributed by atoms with Gasteiger partial charge in [-0.25, -0.2) is 0 Å². The number of aromatic hydroxyl groups is 1. The summed E-state index contributed by atoms with van der Waals surface area (Å²) in [6, 6.07) is 26.8. The Bertz CT molecular complexity index is 1710. The first-order valence-electron chi connectivity index (χ1n) is 13.2. The molecule has 0 radical (unpaired) electrons. The fraction of sp³-hybridized carbons (Fsp3) is 0.147. The minimum atomic E-state index is -1.61. The molecule has 1 aliphatic carbocycles. The van der Waals surface area contributed by atoms with E-state index < -0.39 is 23.4 Å². The quantitative estimate of drug-likeness (QED) is 0.270. The molecule has 0 bridgehead atoms. The number of rotatable bonds is 4. The summed E-state index contributed by atoms with van der Waals surface area (Å²) >= 11 is 0. The van der Waals surface area contributed by atoms with Crippen LogP contribution in [0.2, 0.25) is 0 Å². The van der Waals surface area contributed by atoms with Gasteiger partial charge in [-0.15, -0.1) is 0 Å². The Morgan fingerprint density at radius 2 is 1.50 bits per heavy atom. The van der Waals surface area contributed by atoms with Crippen molar-refractivity contribution in [3.8, 4) is 11.5 Å². The number of ketones is 3. The topological polar surface area (TPSA) is 83.9 Å². The Hall–Kier alpha value is -4.97. The van der Waals surface area contributed by atoms with E-state index >= 15 is 0 Å². The highest BCUT2D eigenvalue weighted by Gasteiger charge is 2.71. The zero-order chi connectivity index (χ0) is 27.6. The van der Waals surface area contributed by atoms with E-state index in [1.807, 2.05) is 47.4 Å². The summed E-state index contributed by atoms with van der Waals surface area (Å²) in [6.07, 6.45) is 3.83. The maximum atomic E-state index is 14.6. The minimum absolute atomic E-state index is 0.0699. The number of phenolic OH excluding ortho intramolecular Hbond substituents is 1. The number of fused-ring (bicyclic) bond motifs is 5. The molecule has 0 saturated carbocycles. The highest BCUT2D eigenvalue weighted by molar-refractivity contribution is 6.32. The van der Waals surface area contributed by atoms with Gasteiger partial charge in [-0.1, -0.05) is 91.0 Å². The third-order valence-electron chi connectivity index (χ3n) is 8.60. The molecule has 3 aliphatic rings. The van der Waals surface area contributed by atoms with Crippen molar-refractivity contribution in [2.45, 2.75) is 18.0 Å². The molecule has 7 rings (SSSR count). The number of phenols is 1. The molecule has 3 atom stereocenters. The molecule has 0 aromatic heterocycles. The van der Waals surface area contributed by atoms with E-state index in [1.54, 1.807) is 60.7 Å². The second-order valence-electron chi connectivity index (χ2n) is 10.4. The zero-order valence-electron chi connectivity index (χ0n) is 21.7. The van der Waals surface area contributed by atoms with Gasteiger partial charge in [-0.05, 0) is 29.3 Å². The van der Waals surface area contributed by atoms with Crippen LogP contribution in [-0.4, -0.2) is 41.6 Å². The molecule has 2 heterocycles. The second kappa shape index (κ2) is 8.78. The van der Waals surface area contributed by atoms with Crippen molar-refractivity contribution in [1.29, 1.82) is 0 Å². The standard InChI is InChI=1S/C34H25NO5/c1-40-27-19-22(15-17-26(27)36)29-30(31(37)21-10-3-2-4-11-21)35-25-14-8-5-9-20(25)16-18-28(35)34(29)32(38)23-12-6-7-13-24(23)33(34)39/h2-19,28-30,36H,1H3/t28-,29+,30-/m1/s1. The van der Waals surface area contributed by atoms with Gasteiger partial charge in [-0.3, -0.25) is 14.4 Å². The first-order chi connectivity index (χ1) is 19.5. The van der Waals surface area contributed by atoms with E-state index in [-0.39, 0.29) is 28.8 Å². The van der Waals surface area contributed by atoms with Crippen LogP contribution in [0.15, 0.2) is 103 Å². The van der Waals surface area contributed by atoms with E-state index in [1.165, 1.54) is 13.2 Å². The Kier molecular flexibility index (Phi) is 5.29. The van der Waals surface area contributed by atoms with E-state index in [4.69, 9.17) is 4.74 Å². The number of ether oxygens (including phenoxy) is 1. The van der Waals surface area contributed by atoms with E-state index in [0.29, 0.717) is 22.3 Å². The lowest BCUT2D eigenvalue weighted by atomic mass is 9.64. The average Bonchev–Trinajstić information content (AvgIpc) is 3.43. The zero-order valence-corrected chi connectivity index (χ0v) is 21.7. The number of nitrogens with zero attached hydrogens (tertiary/aromatic N) is 1. The van der Waals surface area contributed by atoms with Gasteiger partial charge in [0, 0.05) is 28.3 Å². The molecule has 0 amide bonds. The molecule has 1 spiro atoms. The summed E-state index contributed by atoms with van der Waals surface area (Å²) in [5, 5.41) is 10.4. The summed E-state index contributed by atoms with van der Waals surface area (Å²) < 4.78 is 5.43. The SMILES string of the molecule is COc1cc([C@H]2[C@H](C(=O)c3ccccc3)N3c4ccccc4C=C[C@@H]3C23C(=O)c2ccccc2C3=O)ccc1O. The molecule has 6 nitrogen and oxygen atoms in total. The van der Waals surface area contributed by atoms with Crippen molar-refractivity contribution in [2.75, 3.05) is 12.0 Å². The molecule has 2 aliphatic heterocycles. The fourth-order valence-electron chi connectivity index (χ4n) is 6.95. The van der Waals surface area contributed by atoms with Gasteiger partial charge in [-0.2, -0.15) is 0 Å². The number of para-hydroxylation sites is 1. The predicted molar refractivity (Wildman–Crippen MR) is 151 cm³/mol. The lowest BCUT2D eigenvalue weighted by Crippen LogP contribution is -2.48. The minimum Gasteiger partial charge on any atom is -0.504 e. The molecular formula is C34H25NO5. The third-order valence-corrected chi connectivity index (χ3v) is 8.60. The summed E-state index contributed by atoms with van der Waals surface area (Å²) in [5.74, 6) is -1.53. The number of carbonyl (C=O) groups is 3. The monoisotopic (exact) mass is 527 g/mol. The number of hydrogen-bond acceptors (Lipinski definition) is 6. The molecule has 0 unspecified atom stereocenters. The van der Waals surface area contributed by atoms with Crippen LogP contribution in [0, 0.1) is 5.41 Å². The fourth-order valence-corrected chi connectivity index (χ4v) is 6.95. The Morgan fingerprint density at radius 3 is 2.20 bits per heavy atom. The maximum Gasteiger partial charge on any atom is 0.185 e. The Balaban J connectivity index is 1.56. The number of carbonyl (C=O) groups excluding carboxylic acids is 3. The summed E-state index contributed by atoms with van der Waals surface area (Å²) in [7, 11) is 1.44. The number of hydrogen-bond donors (Lipinski definition) is 1. The van der Waals surface area contributed by atoms with Crippen molar-refractivity contribution in [1.82, 2.24) is 0 Å². The Morgan fingerprint density at radius 1 is 0.850 bits per heavy atom. The number of Topliss-reactive ketones (excluding diaryl/α,β-unsaturated/α-hetero) is 3. The molecule has 4 aromatic carbocycles. The van der Waals surface area contributed by atoms with Gasteiger partial charge in [0.05, 0.1) is 13.2 Å². The smallest absolute Gasteiger partial charge is 0.185 e. The normalized spacial score (nSPS) is 21.7. The average molecular weight is 528 g/mol. The highest BCUT2D eigenvalue weighted by Crippen LogP contribution is 2.61. The van der Waals surface area contributed by atoms with Crippen LogP contribution in [-0.2, 0) is 0 Å². The van der Waals surface area contributed by atoms with Crippen LogP contribution in [0.4, 0.5) is 5.69 Å². The van der Waals surface area contributed by atoms with Crippen LogP contribution < -0.4 is 9.64 Å². The van der Waals surface area contributed by atoms with Crippen LogP contribution in [0.1, 0.15) is 48.1 Å². The van der Waals surface area contributed by atoms with Gasteiger partial charge >= 0.3 is 0 Å². The molecular weight excluding hydrogens is 502 g/mol. The van der Waals surface area contributed by atoms with Crippen LogP contribution >= 0.6 is 0 Å². The molecule has 40 heavy (non-hydrogen) atoms. The predicted octanol–water partition coefficient (Wildman–Crippen LogP) is 5.72. The first-order valence-corrected chi connectivity index (χ1v) is 13.2. The lowest BCUT2D eigenvalue weighted by Gasteiger charge is -2.37. The van der Waals surface area contributed by atoms with Crippen molar-refractivity contribution in [3.63, 3.8) is 0 Å². The van der Waals surface area contributed by atoms with Crippen molar-refractivity contribution in [2.24, 2.45) is 5.41 Å². The second-order valence-corrected chi connectivity index (χ2v) is 10.4. The van der Waals surface area contributed by atoms with Crippen molar-refractivity contribution < 1.29 is 24.2 Å². The Labute approximate surface area is 231 Å². The van der Waals surface area contributed by atoms with E-state index in [2.05, 4.69) is 0 Å². The molecule has 196 valence electrons. The number of methoxy groups -OCH3 is 1. The summed E-state index contributed by atoms with van der Waals surface area (Å²) in [6.45, 7) is 0. The van der Waals surface area contributed by atoms with E-state index in [9.17, 15) is 19.5 Å². The molecule has 1 fully saturated rings. The molecule has 4 aromatic rings. The molecule has 1 saturated heterocycles. The highest BCUT2D eigenvalue weighted by atomic mass is 16.5. The number of benzene rings is 4. The number of anilines is 1. The van der Waals surface area contributed by atoms with Crippen molar-refractivity contribution >= 4 is 29.1 Å². The van der Waals surface area contributed by atoms with Crippen molar-refractivity contribution in [3.05, 3.63) is 131 Å². The van der Waals surface area contributed by atoms with Crippen LogP contribution in [0.5, 0.6) is 11.5 Å². The van der Waals surface area contributed by atoms with Gasteiger partial charge in [0.2, 0.25) is 0 Å². The lowest BCUT2D eigenvalue weighted by molar-refractivity contribution is 0.0666. The van der Waals surface area contributed by atoms with Gasteiger partial charge in [0.15, 0.2) is 28.8 Å². The summed E-state index contributed by atoms with van der Waals surface area (Å²) in [5.41, 5.74) is 1.87. The third kappa shape index (κ3) is 3.07. The van der Waals surface area contributed by atoms with Gasteiger partial charge in [0.1, 0.15) is 11.5 Å². The first kappa shape index (κ1) is 24.1. The largest absolute Gasteiger partial charge is 0.504 e. The summed E-state index contributed by atoms with van der Waals surface area (Å²) in [4.78, 5) is 45.8. The molecule has 1 N–H and O–H groups in total. The molecule has 6 heteroatoms.